The van der Waals surface area contributed by atoms with Gasteiger partial charge in [-0.1, -0.05) is 181 Å². The number of hydrogen-bond acceptors (Lipinski definition) is 4. The molecular formula is C57H80N3O3+. The van der Waals surface area contributed by atoms with Crippen molar-refractivity contribution in [3.05, 3.63) is 101 Å². The maximum absolute atomic E-state index is 11.9. The number of methoxy groups -OCH3 is 1. The number of carbonyl (C=O) groups is 1. The summed E-state index contributed by atoms with van der Waals surface area (Å²) >= 11 is 0. The summed E-state index contributed by atoms with van der Waals surface area (Å²) in [6, 6.07) is 21.9. The lowest BCUT2D eigenvalue weighted by Gasteiger charge is -2.28. The number of nitrogens with zero attached hydrogens (tertiary/aromatic N) is 3. The fraction of sp³-hybridized carbons (Fsp3) is 0.561. The molecule has 1 atom stereocenters. The number of nitriles is 1. The molecule has 2 aliphatic heterocycles. The van der Waals surface area contributed by atoms with E-state index in [-0.39, 0.29) is 11.8 Å². The van der Waals surface area contributed by atoms with Crippen molar-refractivity contribution in [2.45, 2.75) is 187 Å². The Morgan fingerprint density at radius 2 is 1.40 bits per heavy atom. The second-order valence-electron chi connectivity index (χ2n) is 18.9. The van der Waals surface area contributed by atoms with Crippen LogP contribution in [0.2, 0.25) is 0 Å². The molecular weight excluding hydrogens is 775 g/mol. The van der Waals surface area contributed by atoms with E-state index in [2.05, 4.69) is 117 Å². The summed E-state index contributed by atoms with van der Waals surface area (Å²) in [5.41, 5.74) is 7.19. The summed E-state index contributed by atoms with van der Waals surface area (Å²) in [5, 5.41) is 22.9. The van der Waals surface area contributed by atoms with Crippen LogP contribution in [0, 0.1) is 11.3 Å². The minimum atomic E-state index is -0.824. The standard InChI is InChI=1S/C57H79N3O3/c1-7-10-12-14-16-18-19-21-23-27-40-57(39-26-22-20-17-15-13-11-8-2)49-43-47(63-6)33-35-50(49)59(41-9-3)53(57)37-31-45(44-58)30-36-52-56(4,5)55-48-29-25-24-28-46(48)32-34-51(55)60(52)42-38-54(61)62/h24-25,28-37,43H,7-23,26-27,38-42H2,1-6H3/p+1. The number of anilines is 1. The van der Waals surface area contributed by atoms with Crippen molar-refractivity contribution in [2.75, 3.05) is 25.1 Å². The third kappa shape index (κ3) is 12.6. The van der Waals surface area contributed by atoms with Gasteiger partial charge >= 0.3 is 5.97 Å². The highest BCUT2D eigenvalue weighted by Crippen LogP contribution is 2.51. The van der Waals surface area contributed by atoms with Crippen LogP contribution in [0.3, 0.4) is 0 Å². The molecule has 0 saturated heterocycles. The Kier molecular flexibility index (Phi) is 19.6. The average Bonchev–Trinajstić information content (AvgIpc) is 3.66. The van der Waals surface area contributed by atoms with Crippen molar-refractivity contribution in [3.63, 3.8) is 0 Å². The largest absolute Gasteiger partial charge is 0.497 e. The van der Waals surface area contributed by atoms with Gasteiger partial charge in [0.05, 0.1) is 30.6 Å². The molecule has 0 radical (unpaired) electrons. The predicted octanol–water partition coefficient (Wildman–Crippen LogP) is 15.6. The third-order valence-corrected chi connectivity index (χ3v) is 13.9. The normalized spacial score (nSPS) is 17.6. The summed E-state index contributed by atoms with van der Waals surface area (Å²) < 4.78 is 8.47. The molecule has 0 spiro atoms. The molecule has 0 aliphatic carbocycles. The first kappa shape index (κ1) is 49.4. The number of fused-ring (bicyclic) bond motifs is 4. The molecule has 3 aromatic carbocycles. The van der Waals surface area contributed by atoms with Gasteiger partial charge in [-0.05, 0) is 65.6 Å². The second-order valence-corrected chi connectivity index (χ2v) is 18.9. The molecule has 0 amide bonds. The van der Waals surface area contributed by atoms with E-state index >= 15 is 0 Å². The molecule has 2 aliphatic rings. The average molecular weight is 855 g/mol. The maximum Gasteiger partial charge on any atom is 0.305 e. The predicted molar refractivity (Wildman–Crippen MR) is 266 cm³/mol. The summed E-state index contributed by atoms with van der Waals surface area (Å²) in [4.78, 5) is 14.1. The van der Waals surface area contributed by atoms with Crippen LogP contribution in [0.1, 0.15) is 187 Å². The summed E-state index contributed by atoms with van der Waals surface area (Å²) in [5.74, 6) is 0.0816. The fourth-order valence-corrected chi connectivity index (χ4v) is 10.6. The van der Waals surface area contributed by atoms with E-state index < -0.39 is 11.4 Å². The van der Waals surface area contributed by atoms with Crippen LogP contribution in [0.15, 0.2) is 90.2 Å². The number of ether oxygens (including phenoxy) is 1. The molecule has 0 fully saturated rings. The van der Waals surface area contributed by atoms with Gasteiger partial charge in [0.1, 0.15) is 12.3 Å². The molecule has 6 heteroatoms. The van der Waals surface area contributed by atoms with E-state index in [0.29, 0.717) is 12.1 Å². The maximum atomic E-state index is 11.9. The molecule has 3 aromatic rings. The van der Waals surface area contributed by atoms with Crippen molar-refractivity contribution in [1.29, 1.82) is 5.26 Å². The fourth-order valence-electron chi connectivity index (χ4n) is 10.6. The summed E-state index contributed by atoms with van der Waals surface area (Å²) in [7, 11) is 1.78. The van der Waals surface area contributed by atoms with E-state index in [1.54, 1.807) is 7.11 Å². The van der Waals surface area contributed by atoms with Crippen LogP contribution in [-0.2, 0) is 15.6 Å². The van der Waals surface area contributed by atoms with E-state index in [0.717, 1.165) is 48.3 Å². The van der Waals surface area contributed by atoms with E-state index in [4.69, 9.17) is 4.74 Å². The van der Waals surface area contributed by atoms with Crippen LogP contribution in [0.4, 0.5) is 11.4 Å². The summed E-state index contributed by atoms with van der Waals surface area (Å²) in [6.45, 7) is 12.5. The van der Waals surface area contributed by atoms with Gasteiger partial charge in [0.25, 0.3) is 0 Å². The molecule has 1 N–H and O–H groups in total. The van der Waals surface area contributed by atoms with Crippen LogP contribution < -0.4 is 9.64 Å². The third-order valence-electron chi connectivity index (χ3n) is 13.9. The molecule has 5 rings (SSSR count). The Morgan fingerprint density at radius 1 is 0.794 bits per heavy atom. The van der Waals surface area contributed by atoms with Crippen molar-refractivity contribution in [1.82, 2.24) is 0 Å². The second kappa shape index (κ2) is 25.0. The molecule has 63 heavy (non-hydrogen) atoms. The summed E-state index contributed by atoms with van der Waals surface area (Å²) in [6.07, 6.45) is 34.9. The number of benzene rings is 3. The van der Waals surface area contributed by atoms with Crippen molar-refractivity contribution in [2.24, 2.45) is 0 Å². The first-order chi connectivity index (χ1) is 30.7. The van der Waals surface area contributed by atoms with Gasteiger partial charge in [0.15, 0.2) is 5.71 Å². The van der Waals surface area contributed by atoms with Gasteiger partial charge in [0.2, 0.25) is 5.69 Å². The van der Waals surface area contributed by atoms with Crippen LogP contribution in [0.5, 0.6) is 5.75 Å². The number of rotatable bonds is 29. The highest BCUT2D eigenvalue weighted by Gasteiger charge is 2.50. The SMILES string of the molecule is CCCCCCCCCCCCC1(CCCCCCCCCC)C(/C=C/C(C#N)=C/C=C2/N(CCC(=O)O)c3ccc4ccccc4c3C2(C)C)=[N+](CCC)c2ccc(OC)cc21. The Hall–Kier alpha value is -4.63. The topological polar surface area (TPSA) is 76.6 Å². The van der Waals surface area contributed by atoms with Gasteiger partial charge < -0.3 is 14.7 Å². The Balaban J connectivity index is 1.50. The monoisotopic (exact) mass is 855 g/mol. The zero-order valence-electron chi connectivity index (χ0n) is 40.1. The number of aliphatic carboxylic acids is 1. The lowest BCUT2D eigenvalue weighted by Crippen LogP contribution is -2.35. The smallest absolute Gasteiger partial charge is 0.305 e. The van der Waals surface area contributed by atoms with Crippen molar-refractivity contribution in [3.8, 4) is 11.8 Å². The quantitative estimate of drug-likeness (QED) is 0.0326. The van der Waals surface area contributed by atoms with E-state index in [9.17, 15) is 15.2 Å². The highest BCUT2D eigenvalue weighted by atomic mass is 16.5. The Morgan fingerprint density at radius 3 is 1.97 bits per heavy atom. The lowest BCUT2D eigenvalue weighted by atomic mass is 9.69. The molecule has 2 heterocycles. The molecule has 0 saturated carbocycles. The number of hydrogen-bond donors (Lipinski definition) is 1. The van der Waals surface area contributed by atoms with Crippen molar-refractivity contribution < 1.29 is 19.2 Å². The number of allylic oxidation sites excluding steroid dienone is 6. The van der Waals surface area contributed by atoms with Gasteiger partial charge in [-0.15, -0.1) is 0 Å². The molecule has 1 unspecified atom stereocenters. The van der Waals surface area contributed by atoms with Gasteiger partial charge in [-0.3, -0.25) is 4.79 Å². The van der Waals surface area contributed by atoms with Gasteiger partial charge in [-0.2, -0.15) is 9.84 Å². The van der Waals surface area contributed by atoms with Gasteiger partial charge in [-0.25, -0.2) is 0 Å². The Bertz CT molecular complexity index is 2120. The number of unbranched alkanes of at least 4 members (excludes halogenated alkanes) is 16. The zero-order valence-corrected chi connectivity index (χ0v) is 40.1. The van der Waals surface area contributed by atoms with Crippen LogP contribution in [0.25, 0.3) is 10.8 Å². The van der Waals surface area contributed by atoms with E-state index in [1.165, 1.54) is 143 Å². The van der Waals surface area contributed by atoms with E-state index in [1.807, 2.05) is 12.2 Å². The first-order valence-electron chi connectivity index (χ1n) is 25.0. The van der Waals surface area contributed by atoms with Gasteiger partial charge in [0, 0.05) is 47.5 Å². The number of carboxylic acid groups (broad SMARTS) is 1. The number of carboxylic acids is 1. The first-order valence-corrected chi connectivity index (χ1v) is 25.0. The van der Waals surface area contributed by atoms with Crippen molar-refractivity contribution >= 4 is 33.8 Å². The van der Waals surface area contributed by atoms with Crippen LogP contribution >= 0.6 is 0 Å². The minimum Gasteiger partial charge on any atom is -0.497 e. The lowest BCUT2D eigenvalue weighted by molar-refractivity contribution is -0.437. The molecule has 0 bridgehead atoms. The van der Waals surface area contributed by atoms with Crippen LogP contribution in [-0.4, -0.2) is 41.6 Å². The minimum absolute atomic E-state index is 0.0192. The molecule has 6 nitrogen and oxygen atoms in total. The highest BCUT2D eigenvalue weighted by molar-refractivity contribution is 6.04. The Labute approximate surface area is 381 Å². The zero-order chi connectivity index (χ0) is 45.1. The molecule has 0 aromatic heterocycles. The molecule has 340 valence electrons.